The fourth-order valence-electron chi connectivity index (χ4n) is 4.10. The molecule has 6 nitrogen and oxygen atoms in total. The van der Waals surface area contributed by atoms with Gasteiger partial charge in [0.25, 0.3) is 0 Å². The maximum Gasteiger partial charge on any atom is 0.223 e. The first-order chi connectivity index (χ1) is 13.3. The Morgan fingerprint density at radius 2 is 1.81 bits per heavy atom. The molecule has 2 aromatic rings. The highest BCUT2D eigenvalue weighted by Crippen LogP contribution is 2.24. The molecule has 2 aliphatic rings. The highest BCUT2D eigenvalue weighted by Gasteiger charge is 2.27. The summed E-state index contributed by atoms with van der Waals surface area (Å²) in [6.07, 6.45) is 11.4. The van der Waals surface area contributed by atoms with Crippen molar-refractivity contribution in [1.29, 1.82) is 0 Å². The highest BCUT2D eigenvalue weighted by atomic mass is 16.1. The molecule has 1 aliphatic heterocycles. The molecular formula is C21H27N5O. The number of carbonyl (C=O) groups excluding carboxylic acids is 1. The number of nitrogens with one attached hydrogen (secondary N) is 1. The van der Waals surface area contributed by atoms with Crippen LogP contribution in [-0.2, 0) is 4.79 Å². The quantitative estimate of drug-likeness (QED) is 0.901. The summed E-state index contributed by atoms with van der Waals surface area (Å²) < 4.78 is 0. The molecule has 142 valence electrons. The largest absolute Gasteiger partial charge is 0.355 e. The fraction of sp³-hybridized carbons (Fsp3) is 0.524. The molecule has 0 aromatic carbocycles. The van der Waals surface area contributed by atoms with E-state index in [2.05, 4.69) is 25.4 Å². The van der Waals surface area contributed by atoms with E-state index in [1.165, 1.54) is 19.3 Å². The minimum atomic E-state index is 0.130. The van der Waals surface area contributed by atoms with E-state index in [0.29, 0.717) is 6.04 Å². The molecule has 0 bridgehead atoms. The lowest BCUT2D eigenvalue weighted by Gasteiger charge is -2.33. The van der Waals surface area contributed by atoms with E-state index in [9.17, 15) is 4.79 Å². The Kier molecular flexibility index (Phi) is 5.61. The zero-order valence-electron chi connectivity index (χ0n) is 15.7. The van der Waals surface area contributed by atoms with Crippen molar-refractivity contribution in [3.63, 3.8) is 0 Å². The van der Waals surface area contributed by atoms with E-state index >= 15 is 0 Å². The zero-order chi connectivity index (χ0) is 18.5. The van der Waals surface area contributed by atoms with Gasteiger partial charge in [0, 0.05) is 43.0 Å². The fourth-order valence-corrected chi connectivity index (χ4v) is 4.10. The average Bonchev–Trinajstić information content (AvgIpc) is 2.75. The number of aromatic nitrogens is 3. The summed E-state index contributed by atoms with van der Waals surface area (Å²) in [6, 6.07) is 8.27. The van der Waals surface area contributed by atoms with Crippen LogP contribution >= 0.6 is 0 Å². The predicted octanol–water partition coefficient (Wildman–Crippen LogP) is 3.20. The molecule has 0 spiro atoms. The Hall–Kier alpha value is -2.50. The van der Waals surface area contributed by atoms with Gasteiger partial charge in [0.15, 0.2) is 5.82 Å². The van der Waals surface area contributed by atoms with Crippen molar-refractivity contribution >= 4 is 11.7 Å². The summed E-state index contributed by atoms with van der Waals surface area (Å²) in [4.78, 5) is 18.9. The SMILES string of the molecule is O=C(NC1CCCCC1)C1CCN(c2ccc(-c3cccnc3)nn2)CC1. The Labute approximate surface area is 160 Å². The molecule has 1 amide bonds. The van der Waals surface area contributed by atoms with Crippen LogP contribution in [0, 0.1) is 5.92 Å². The molecule has 0 radical (unpaired) electrons. The minimum absolute atomic E-state index is 0.130. The Morgan fingerprint density at radius 1 is 1.00 bits per heavy atom. The number of hydrogen-bond donors (Lipinski definition) is 1. The van der Waals surface area contributed by atoms with Crippen LogP contribution in [0.1, 0.15) is 44.9 Å². The third-order valence-electron chi connectivity index (χ3n) is 5.75. The number of rotatable bonds is 4. The highest BCUT2D eigenvalue weighted by molar-refractivity contribution is 5.79. The van der Waals surface area contributed by atoms with Crippen LogP contribution in [0.4, 0.5) is 5.82 Å². The topological polar surface area (TPSA) is 71.0 Å². The van der Waals surface area contributed by atoms with E-state index in [4.69, 9.17) is 0 Å². The summed E-state index contributed by atoms with van der Waals surface area (Å²) in [5.41, 5.74) is 1.79. The van der Waals surface area contributed by atoms with Gasteiger partial charge in [-0.25, -0.2) is 0 Å². The Morgan fingerprint density at radius 3 is 2.48 bits per heavy atom. The number of piperidine rings is 1. The maximum atomic E-state index is 12.5. The lowest BCUT2D eigenvalue weighted by Crippen LogP contribution is -2.44. The first-order valence-electron chi connectivity index (χ1n) is 10.1. The third kappa shape index (κ3) is 4.43. The molecule has 6 heteroatoms. The van der Waals surface area contributed by atoms with Crippen molar-refractivity contribution in [2.75, 3.05) is 18.0 Å². The van der Waals surface area contributed by atoms with E-state index in [0.717, 1.165) is 55.8 Å². The molecular weight excluding hydrogens is 338 g/mol. The van der Waals surface area contributed by atoms with E-state index < -0.39 is 0 Å². The normalized spacial score (nSPS) is 19.0. The monoisotopic (exact) mass is 365 g/mol. The van der Waals surface area contributed by atoms with Crippen LogP contribution < -0.4 is 10.2 Å². The Bertz CT molecular complexity index is 735. The van der Waals surface area contributed by atoms with Crippen molar-refractivity contribution in [3.8, 4) is 11.3 Å². The van der Waals surface area contributed by atoms with Gasteiger partial charge in [0.2, 0.25) is 5.91 Å². The van der Waals surface area contributed by atoms with Gasteiger partial charge >= 0.3 is 0 Å². The maximum absolute atomic E-state index is 12.5. The van der Waals surface area contributed by atoms with Crippen molar-refractivity contribution in [1.82, 2.24) is 20.5 Å². The summed E-state index contributed by atoms with van der Waals surface area (Å²) in [6.45, 7) is 1.70. The molecule has 1 saturated carbocycles. The van der Waals surface area contributed by atoms with Crippen molar-refractivity contribution in [2.45, 2.75) is 51.0 Å². The number of amides is 1. The van der Waals surface area contributed by atoms with Gasteiger partial charge in [0.1, 0.15) is 0 Å². The zero-order valence-corrected chi connectivity index (χ0v) is 15.7. The van der Waals surface area contributed by atoms with E-state index in [-0.39, 0.29) is 11.8 Å². The number of nitrogens with zero attached hydrogens (tertiary/aromatic N) is 4. The smallest absolute Gasteiger partial charge is 0.223 e. The molecule has 3 heterocycles. The molecule has 0 atom stereocenters. The summed E-state index contributed by atoms with van der Waals surface area (Å²) in [5.74, 6) is 1.26. The van der Waals surface area contributed by atoms with Crippen molar-refractivity contribution in [3.05, 3.63) is 36.7 Å². The van der Waals surface area contributed by atoms with Gasteiger partial charge in [-0.3, -0.25) is 9.78 Å². The second-order valence-corrected chi connectivity index (χ2v) is 7.62. The predicted molar refractivity (Wildman–Crippen MR) is 105 cm³/mol. The number of hydrogen-bond acceptors (Lipinski definition) is 5. The van der Waals surface area contributed by atoms with Gasteiger partial charge in [-0.1, -0.05) is 19.3 Å². The van der Waals surface area contributed by atoms with Gasteiger partial charge in [-0.2, -0.15) is 0 Å². The van der Waals surface area contributed by atoms with E-state index in [1.54, 1.807) is 12.4 Å². The summed E-state index contributed by atoms with van der Waals surface area (Å²) >= 11 is 0. The van der Waals surface area contributed by atoms with Gasteiger partial charge < -0.3 is 10.2 Å². The van der Waals surface area contributed by atoms with Crippen LogP contribution in [0.2, 0.25) is 0 Å². The van der Waals surface area contributed by atoms with Crippen LogP contribution in [0.5, 0.6) is 0 Å². The first-order valence-corrected chi connectivity index (χ1v) is 10.1. The molecule has 2 fully saturated rings. The number of pyridine rings is 1. The molecule has 1 saturated heterocycles. The van der Waals surface area contributed by atoms with Gasteiger partial charge in [0.05, 0.1) is 5.69 Å². The van der Waals surface area contributed by atoms with E-state index in [1.807, 2.05) is 24.3 Å². The molecule has 1 N–H and O–H groups in total. The molecule has 27 heavy (non-hydrogen) atoms. The summed E-state index contributed by atoms with van der Waals surface area (Å²) in [7, 11) is 0. The number of carbonyl (C=O) groups is 1. The van der Waals surface area contributed by atoms with Gasteiger partial charge in [-0.15, -0.1) is 10.2 Å². The second kappa shape index (κ2) is 8.46. The second-order valence-electron chi connectivity index (χ2n) is 7.62. The molecule has 2 aromatic heterocycles. The minimum Gasteiger partial charge on any atom is -0.355 e. The molecule has 4 rings (SSSR count). The van der Waals surface area contributed by atoms with Crippen molar-refractivity contribution < 1.29 is 4.79 Å². The van der Waals surface area contributed by atoms with Crippen LogP contribution in [0.15, 0.2) is 36.7 Å². The molecule has 0 unspecified atom stereocenters. The molecule has 1 aliphatic carbocycles. The third-order valence-corrected chi connectivity index (χ3v) is 5.75. The Balaban J connectivity index is 1.30. The lowest BCUT2D eigenvalue weighted by atomic mass is 9.92. The van der Waals surface area contributed by atoms with Crippen LogP contribution in [0.25, 0.3) is 11.3 Å². The number of anilines is 1. The van der Waals surface area contributed by atoms with Gasteiger partial charge in [-0.05, 0) is 49.9 Å². The van der Waals surface area contributed by atoms with Crippen LogP contribution in [0.3, 0.4) is 0 Å². The lowest BCUT2D eigenvalue weighted by molar-refractivity contribution is -0.126. The first kappa shape index (κ1) is 17.9. The van der Waals surface area contributed by atoms with Crippen LogP contribution in [-0.4, -0.2) is 40.2 Å². The van der Waals surface area contributed by atoms with Crippen molar-refractivity contribution in [2.24, 2.45) is 5.92 Å². The standard InChI is InChI=1S/C21H27N5O/c27-21(23-18-6-2-1-3-7-18)16-10-13-26(14-11-16)20-9-8-19(24-25-20)17-5-4-12-22-15-17/h4-5,8-9,12,15-16,18H,1-3,6-7,10-11,13-14H2,(H,23,27). The summed E-state index contributed by atoms with van der Waals surface area (Å²) in [5, 5.41) is 12.0. The average molecular weight is 365 g/mol.